The first-order valence-corrected chi connectivity index (χ1v) is 9.67. The third-order valence-corrected chi connectivity index (χ3v) is 5.14. The lowest BCUT2D eigenvalue weighted by atomic mass is 10.1. The first kappa shape index (κ1) is 22.6. The summed E-state index contributed by atoms with van der Waals surface area (Å²) in [6.45, 7) is 2.69. The molecule has 4 aromatic rings. The predicted octanol–water partition coefficient (Wildman–Crippen LogP) is 4.43. The molecule has 8 nitrogen and oxygen atoms in total. The number of rotatable bonds is 5. The van der Waals surface area contributed by atoms with E-state index >= 15 is 8.78 Å². The van der Waals surface area contributed by atoms with E-state index in [1.165, 1.54) is 13.8 Å². The molecule has 2 N–H and O–H groups in total. The number of nitrogens with one attached hydrogen (secondary N) is 1. The molecule has 1 unspecified atom stereocenters. The summed E-state index contributed by atoms with van der Waals surface area (Å²) in [5.41, 5.74) is 0.195. The van der Waals surface area contributed by atoms with Gasteiger partial charge in [-0.25, -0.2) is 23.1 Å². The van der Waals surface area contributed by atoms with E-state index in [0.29, 0.717) is 0 Å². The van der Waals surface area contributed by atoms with Crippen LogP contribution in [0.2, 0.25) is 0 Å². The lowest BCUT2D eigenvalue weighted by molar-refractivity contribution is 0.0511. The van der Waals surface area contributed by atoms with Gasteiger partial charge in [0.15, 0.2) is 11.6 Å². The van der Waals surface area contributed by atoms with Crippen molar-refractivity contribution in [1.29, 1.82) is 0 Å². The number of Topliss-reactive ketones (excluding diaryl/α,β-unsaturated/α-hetero) is 1. The largest absolute Gasteiger partial charge is 0.293 e. The highest BCUT2D eigenvalue weighted by molar-refractivity contribution is 7.79. The molecule has 0 amide bonds. The van der Waals surface area contributed by atoms with Gasteiger partial charge in [0.25, 0.3) is 0 Å². The predicted molar refractivity (Wildman–Crippen MR) is 113 cm³/mol. The summed E-state index contributed by atoms with van der Waals surface area (Å²) in [6, 6.07) is 2.69. The molecule has 0 fully saturated rings. The van der Waals surface area contributed by atoms with Crippen molar-refractivity contribution >= 4 is 35.5 Å². The van der Waals surface area contributed by atoms with Crippen LogP contribution in [-0.4, -0.2) is 30.3 Å². The number of hydrogen-bond acceptors (Lipinski definition) is 7. The van der Waals surface area contributed by atoms with E-state index in [4.69, 9.17) is 0 Å². The van der Waals surface area contributed by atoms with Gasteiger partial charge in [-0.05, 0) is 19.1 Å². The van der Waals surface area contributed by atoms with E-state index in [1.54, 1.807) is 0 Å². The van der Waals surface area contributed by atoms with E-state index in [-0.39, 0.29) is 22.6 Å². The number of thiol groups is 1. The zero-order chi connectivity index (χ0) is 24.1. The molecule has 3 heterocycles. The Labute approximate surface area is 189 Å². The normalized spacial score (nSPS) is 13.2. The van der Waals surface area contributed by atoms with Gasteiger partial charge in [-0.15, -0.1) is 0 Å². The molecule has 0 aliphatic carbocycles. The van der Waals surface area contributed by atoms with Crippen LogP contribution in [0.4, 0.5) is 28.9 Å². The quantitative estimate of drug-likeness (QED) is 0.129. The van der Waals surface area contributed by atoms with Gasteiger partial charge in [0.1, 0.15) is 53.5 Å². The minimum atomic E-state index is -1.54. The molecule has 1 atom stereocenters. The number of aromatic nitrogens is 4. The number of imidazole rings is 1. The van der Waals surface area contributed by atoms with E-state index in [2.05, 4.69) is 33.2 Å². The maximum absolute atomic E-state index is 15.3. The number of carbonyl (C=O) groups is 1. The molecular weight excluding hydrogens is 464 g/mol. The van der Waals surface area contributed by atoms with E-state index in [0.717, 1.165) is 41.3 Å². The summed E-state index contributed by atoms with van der Waals surface area (Å²) in [6.07, 6.45) is 2.98. The average Bonchev–Trinajstić information content (AvgIpc) is 3.19. The molecule has 0 radical (unpaired) electrons. The van der Waals surface area contributed by atoms with Crippen LogP contribution in [0, 0.1) is 30.3 Å². The molecule has 170 valence electrons. The van der Waals surface area contributed by atoms with Gasteiger partial charge in [0.2, 0.25) is 11.6 Å². The van der Waals surface area contributed by atoms with Crippen molar-refractivity contribution in [1.82, 2.24) is 23.5 Å². The number of aryl methyl sites for hydroxylation is 1. The standard InChI is InChI=1S/C20H15F4N6O2S/c1-9-15(5-11(21)6-25-9)30(32,33)28-13-4-3-12(22)16(17(13)23)19-20(24)29-8-27-18(10(2)31)14(29)7-26-19/h3-8,28,32-33H,1-2H3/q+1. The van der Waals surface area contributed by atoms with Gasteiger partial charge < -0.3 is 0 Å². The van der Waals surface area contributed by atoms with Gasteiger partial charge in [0.05, 0.1) is 23.5 Å². The van der Waals surface area contributed by atoms with Gasteiger partial charge in [-0.3, -0.25) is 14.2 Å². The number of benzene rings is 1. The summed E-state index contributed by atoms with van der Waals surface area (Å²) in [5, 5.41) is 10.6. The number of anilines is 1. The second kappa shape index (κ2) is 8.10. The number of pyridine rings is 1. The second-order valence-corrected chi connectivity index (χ2v) is 7.64. The number of fused-ring (bicyclic) bond motifs is 1. The average molecular weight is 479 g/mol. The smallest absolute Gasteiger partial charge is 0.227 e. The van der Waals surface area contributed by atoms with E-state index < -0.39 is 50.3 Å². The summed E-state index contributed by atoms with van der Waals surface area (Å²) in [4.78, 5) is 23.0. The minimum absolute atomic E-state index is 0.0225. The fourth-order valence-corrected chi connectivity index (χ4v) is 3.58. The zero-order valence-electron chi connectivity index (χ0n) is 17.0. The highest BCUT2D eigenvalue weighted by Crippen LogP contribution is 2.34. The molecule has 0 spiro atoms. The highest BCUT2D eigenvalue weighted by atomic mass is 32.1. The van der Waals surface area contributed by atoms with Gasteiger partial charge in [-0.1, -0.05) is 0 Å². The van der Waals surface area contributed by atoms with Gasteiger partial charge in [0, 0.05) is 17.2 Å². The molecule has 0 saturated heterocycles. The Bertz CT molecular complexity index is 1430. The van der Waals surface area contributed by atoms with Crippen LogP contribution >= 0.6 is 12.8 Å². The molecule has 33 heavy (non-hydrogen) atoms. The number of quaternary nitrogens is 1. The molecule has 0 saturated carbocycles. The fourth-order valence-electron chi connectivity index (χ4n) is 3.27. The van der Waals surface area contributed by atoms with Crippen LogP contribution in [0.25, 0.3) is 16.8 Å². The van der Waals surface area contributed by atoms with Gasteiger partial charge >= 0.3 is 0 Å². The van der Waals surface area contributed by atoms with Crippen molar-refractivity contribution in [2.75, 3.05) is 5.43 Å². The van der Waals surface area contributed by atoms with Crippen molar-refractivity contribution in [3.8, 4) is 11.3 Å². The minimum Gasteiger partial charge on any atom is -0.293 e. The lowest BCUT2D eigenvalue weighted by Crippen LogP contribution is -2.42. The molecule has 1 aromatic carbocycles. The monoisotopic (exact) mass is 479 g/mol. The van der Waals surface area contributed by atoms with Crippen LogP contribution in [0.1, 0.15) is 23.1 Å². The Morgan fingerprint density at radius 1 is 1.15 bits per heavy atom. The Morgan fingerprint density at radius 3 is 2.58 bits per heavy atom. The summed E-state index contributed by atoms with van der Waals surface area (Å²) < 4.78 is 57.9. The number of halogens is 4. The van der Waals surface area contributed by atoms with E-state index in [9.17, 15) is 18.8 Å². The maximum atomic E-state index is 15.3. The van der Waals surface area contributed by atoms with Crippen molar-refractivity contribution in [2.45, 2.75) is 13.8 Å². The third kappa shape index (κ3) is 3.90. The van der Waals surface area contributed by atoms with Crippen molar-refractivity contribution in [3.63, 3.8) is 0 Å². The molecule has 0 aliphatic heterocycles. The fraction of sp³-hybridized carbons (Fsp3) is 0.100. The van der Waals surface area contributed by atoms with Crippen LogP contribution < -0.4 is 9.59 Å². The van der Waals surface area contributed by atoms with Crippen LogP contribution in [0.5, 0.6) is 0 Å². The van der Waals surface area contributed by atoms with Crippen molar-refractivity contribution < 1.29 is 27.6 Å². The maximum Gasteiger partial charge on any atom is 0.227 e. The number of ketones is 1. The molecular formula is C20H15F4N6O2S+. The van der Waals surface area contributed by atoms with Gasteiger partial charge in [-0.2, -0.15) is 15.0 Å². The third-order valence-electron chi connectivity index (χ3n) is 4.83. The molecule has 3 aromatic heterocycles. The SMILES string of the molecule is CC(=O)c1ncn2c(F)c(-c3c(F)ccc(N[N+](O)(S)c4cc(F)cnc4C)c3F)ncc12. The summed E-state index contributed by atoms with van der Waals surface area (Å²) in [5.74, 6) is -4.84. The molecule has 0 aliphatic rings. The Morgan fingerprint density at radius 2 is 1.88 bits per heavy atom. The number of hydrogen-bond donors (Lipinski definition) is 3. The lowest BCUT2D eigenvalue weighted by Gasteiger charge is -2.24. The molecule has 0 bridgehead atoms. The Balaban J connectivity index is 1.82. The number of carbonyl (C=O) groups excluding carboxylic acids is 1. The molecule has 13 heteroatoms. The van der Waals surface area contributed by atoms with Crippen LogP contribution in [0.15, 0.2) is 36.9 Å². The van der Waals surface area contributed by atoms with Crippen molar-refractivity contribution in [2.24, 2.45) is 0 Å². The van der Waals surface area contributed by atoms with E-state index in [1.807, 2.05) is 0 Å². The molecule has 4 rings (SSSR count). The Hall–Kier alpha value is -3.55. The first-order valence-electron chi connectivity index (χ1n) is 9.27. The number of nitrogens with zero attached hydrogens (tertiary/aromatic N) is 5. The topological polar surface area (TPSA) is 92.4 Å². The Kier molecular flexibility index (Phi) is 5.56. The highest BCUT2D eigenvalue weighted by Gasteiger charge is 2.32. The second-order valence-electron chi connectivity index (χ2n) is 7.06. The zero-order valence-corrected chi connectivity index (χ0v) is 17.9. The first-order chi connectivity index (χ1) is 15.5. The van der Waals surface area contributed by atoms with Crippen molar-refractivity contribution in [3.05, 3.63) is 71.7 Å². The summed E-state index contributed by atoms with van der Waals surface area (Å²) >= 11 is 3.97. The van der Waals surface area contributed by atoms with Crippen LogP contribution in [0.3, 0.4) is 0 Å². The van der Waals surface area contributed by atoms with Crippen LogP contribution in [-0.2, 0) is 0 Å². The summed E-state index contributed by atoms with van der Waals surface area (Å²) in [7, 11) is 0.